The maximum Gasteiger partial charge on any atom is 0.243 e. The predicted molar refractivity (Wildman–Crippen MR) is 114 cm³/mol. The maximum atomic E-state index is 13.0. The average Bonchev–Trinajstić information content (AvgIpc) is 2.69. The van der Waals surface area contributed by atoms with E-state index >= 15 is 0 Å². The minimum absolute atomic E-state index is 0.0246. The summed E-state index contributed by atoms with van der Waals surface area (Å²) in [5.41, 5.74) is 3.25. The molecule has 0 radical (unpaired) electrons. The van der Waals surface area contributed by atoms with Crippen molar-refractivity contribution in [3.63, 3.8) is 0 Å². The van der Waals surface area contributed by atoms with Gasteiger partial charge in [-0.2, -0.15) is 0 Å². The average molecular weight is 381 g/mol. The molecule has 0 saturated heterocycles. The SMILES string of the molecule is CCCNC(=O)[C@@H](Cc1ccccc1)N(Cc1cccc(C)c1)C(=O)CCC. The first kappa shape index (κ1) is 21.7. The summed E-state index contributed by atoms with van der Waals surface area (Å²) >= 11 is 0. The second kappa shape index (κ2) is 11.3. The van der Waals surface area contributed by atoms with Crippen LogP contribution >= 0.6 is 0 Å². The van der Waals surface area contributed by atoms with E-state index in [0.29, 0.717) is 25.9 Å². The van der Waals surface area contributed by atoms with Crippen molar-refractivity contribution in [2.45, 2.75) is 59.0 Å². The van der Waals surface area contributed by atoms with Crippen molar-refractivity contribution < 1.29 is 9.59 Å². The Morgan fingerprint density at radius 2 is 1.68 bits per heavy atom. The molecule has 0 aliphatic heterocycles. The number of nitrogens with zero attached hydrogens (tertiary/aromatic N) is 1. The van der Waals surface area contributed by atoms with Gasteiger partial charge in [-0.25, -0.2) is 0 Å². The quantitative estimate of drug-likeness (QED) is 0.669. The third-order valence-corrected chi connectivity index (χ3v) is 4.72. The van der Waals surface area contributed by atoms with Gasteiger partial charge in [-0.15, -0.1) is 0 Å². The molecule has 2 amide bonds. The summed E-state index contributed by atoms with van der Waals surface area (Å²) < 4.78 is 0. The van der Waals surface area contributed by atoms with Crippen molar-refractivity contribution in [2.24, 2.45) is 0 Å². The number of aryl methyl sites for hydroxylation is 1. The lowest BCUT2D eigenvalue weighted by Gasteiger charge is -2.31. The van der Waals surface area contributed by atoms with Gasteiger partial charge in [0, 0.05) is 25.9 Å². The lowest BCUT2D eigenvalue weighted by Crippen LogP contribution is -2.50. The van der Waals surface area contributed by atoms with Crippen LogP contribution in [0.3, 0.4) is 0 Å². The lowest BCUT2D eigenvalue weighted by atomic mass is 10.0. The van der Waals surface area contributed by atoms with Gasteiger partial charge in [0.25, 0.3) is 0 Å². The predicted octanol–water partition coefficient (Wildman–Crippen LogP) is 4.26. The Balaban J connectivity index is 2.34. The number of benzene rings is 2. The van der Waals surface area contributed by atoms with Crippen molar-refractivity contribution in [1.29, 1.82) is 0 Å². The fraction of sp³-hybridized carbons (Fsp3) is 0.417. The van der Waals surface area contributed by atoms with Crippen LogP contribution in [0, 0.1) is 6.92 Å². The normalized spacial score (nSPS) is 11.7. The molecule has 4 heteroatoms. The molecule has 4 nitrogen and oxygen atoms in total. The molecule has 0 unspecified atom stereocenters. The Kier molecular flexibility index (Phi) is 8.73. The van der Waals surface area contributed by atoms with Crippen LogP contribution in [0.25, 0.3) is 0 Å². The highest BCUT2D eigenvalue weighted by molar-refractivity contribution is 5.88. The molecule has 0 heterocycles. The summed E-state index contributed by atoms with van der Waals surface area (Å²) in [4.78, 5) is 27.8. The number of rotatable bonds is 10. The summed E-state index contributed by atoms with van der Waals surface area (Å²) in [6.07, 6.45) is 2.58. The van der Waals surface area contributed by atoms with Crippen LogP contribution in [0.5, 0.6) is 0 Å². The topological polar surface area (TPSA) is 49.4 Å². The fourth-order valence-electron chi connectivity index (χ4n) is 3.28. The van der Waals surface area contributed by atoms with Crippen LogP contribution in [0.15, 0.2) is 54.6 Å². The van der Waals surface area contributed by atoms with E-state index in [1.807, 2.05) is 69.3 Å². The minimum atomic E-state index is -0.520. The summed E-state index contributed by atoms with van der Waals surface area (Å²) in [7, 11) is 0. The van der Waals surface area contributed by atoms with Crippen LogP contribution in [-0.2, 0) is 22.6 Å². The lowest BCUT2D eigenvalue weighted by molar-refractivity contribution is -0.141. The van der Waals surface area contributed by atoms with E-state index < -0.39 is 6.04 Å². The summed E-state index contributed by atoms with van der Waals surface area (Å²) in [6.45, 7) is 7.12. The van der Waals surface area contributed by atoms with Crippen molar-refractivity contribution >= 4 is 11.8 Å². The van der Waals surface area contributed by atoms with E-state index in [9.17, 15) is 9.59 Å². The van der Waals surface area contributed by atoms with Gasteiger partial charge >= 0.3 is 0 Å². The Labute approximate surface area is 169 Å². The minimum Gasteiger partial charge on any atom is -0.354 e. The van der Waals surface area contributed by atoms with Gasteiger partial charge in [0.15, 0.2) is 0 Å². The molecule has 0 spiro atoms. The highest BCUT2D eigenvalue weighted by Gasteiger charge is 2.29. The first-order valence-corrected chi connectivity index (χ1v) is 10.2. The molecule has 0 saturated carbocycles. The monoisotopic (exact) mass is 380 g/mol. The van der Waals surface area contributed by atoms with Crippen molar-refractivity contribution in [1.82, 2.24) is 10.2 Å². The molecule has 0 aliphatic carbocycles. The van der Waals surface area contributed by atoms with Gasteiger partial charge in [0.05, 0.1) is 0 Å². The van der Waals surface area contributed by atoms with Gasteiger partial charge in [-0.1, -0.05) is 74.0 Å². The van der Waals surface area contributed by atoms with Gasteiger partial charge < -0.3 is 10.2 Å². The van der Waals surface area contributed by atoms with Crippen LogP contribution in [0.4, 0.5) is 0 Å². The third-order valence-electron chi connectivity index (χ3n) is 4.72. The molecule has 2 rings (SSSR count). The summed E-state index contributed by atoms with van der Waals surface area (Å²) in [6, 6.07) is 17.5. The number of hydrogen-bond acceptors (Lipinski definition) is 2. The zero-order chi connectivity index (χ0) is 20.4. The smallest absolute Gasteiger partial charge is 0.243 e. The van der Waals surface area contributed by atoms with Crippen molar-refractivity contribution in [3.8, 4) is 0 Å². The van der Waals surface area contributed by atoms with Crippen LogP contribution in [0.2, 0.25) is 0 Å². The van der Waals surface area contributed by atoms with Crippen molar-refractivity contribution in [2.75, 3.05) is 6.54 Å². The summed E-state index contributed by atoms with van der Waals surface area (Å²) in [5.74, 6) is -0.0561. The first-order chi connectivity index (χ1) is 13.5. The molecule has 0 aromatic heterocycles. The van der Waals surface area contributed by atoms with Gasteiger partial charge in [-0.05, 0) is 30.9 Å². The molecule has 150 valence electrons. The zero-order valence-corrected chi connectivity index (χ0v) is 17.3. The van der Waals surface area contributed by atoms with Gasteiger partial charge in [0.1, 0.15) is 6.04 Å². The Bertz CT molecular complexity index is 758. The largest absolute Gasteiger partial charge is 0.354 e. The van der Waals surface area contributed by atoms with Gasteiger partial charge in [0.2, 0.25) is 11.8 Å². The van der Waals surface area contributed by atoms with E-state index in [-0.39, 0.29) is 11.8 Å². The third kappa shape index (κ3) is 6.52. The van der Waals surface area contributed by atoms with Crippen molar-refractivity contribution in [3.05, 3.63) is 71.3 Å². The van der Waals surface area contributed by atoms with E-state index in [2.05, 4.69) is 11.4 Å². The maximum absolute atomic E-state index is 13.0. The Morgan fingerprint density at radius 1 is 0.964 bits per heavy atom. The molecule has 0 fully saturated rings. The number of nitrogens with one attached hydrogen (secondary N) is 1. The Morgan fingerprint density at radius 3 is 2.32 bits per heavy atom. The fourth-order valence-corrected chi connectivity index (χ4v) is 3.28. The molecule has 28 heavy (non-hydrogen) atoms. The van der Waals surface area contributed by atoms with E-state index in [1.165, 1.54) is 0 Å². The number of carbonyl (C=O) groups is 2. The number of carbonyl (C=O) groups excluding carboxylic acids is 2. The Hall–Kier alpha value is -2.62. The molecule has 2 aromatic carbocycles. The van der Waals surface area contributed by atoms with E-state index in [4.69, 9.17) is 0 Å². The number of hydrogen-bond donors (Lipinski definition) is 1. The first-order valence-electron chi connectivity index (χ1n) is 10.2. The molecular weight excluding hydrogens is 348 g/mol. The van der Waals surface area contributed by atoms with E-state index in [0.717, 1.165) is 29.5 Å². The molecule has 2 aromatic rings. The molecular formula is C24H32N2O2. The zero-order valence-electron chi connectivity index (χ0n) is 17.3. The second-order valence-corrected chi connectivity index (χ2v) is 7.26. The van der Waals surface area contributed by atoms with Crippen LogP contribution in [0.1, 0.15) is 49.8 Å². The highest BCUT2D eigenvalue weighted by atomic mass is 16.2. The molecule has 1 N–H and O–H groups in total. The van der Waals surface area contributed by atoms with E-state index in [1.54, 1.807) is 4.90 Å². The van der Waals surface area contributed by atoms with Crippen LogP contribution < -0.4 is 5.32 Å². The standard InChI is InChI=1S/C24H32N2O2/c1-4-10-23(27)26(18-21-14-9-11-19(3)16-21)22(24(28)25-15-5-2)17-20-12-7-6-8-13-20/h6-9,11-14,16,22H,4-5,10,15,17-18H2,1-3H3,(H,25,28)/t22-/m1/s1. The van der Waals surface area contributed by atoms with Gasteiger partial charge in [-0.3, -0.25) is 9.59 Å². The highest BCUT2D eigenvalue weighted by Crippen LogP contribution is 2.17. The summed E-state index contributed by atoms with van der Waals surface area (Å²) in [5, 5.41) is 2.99. The number of amides is 2. The molecule has 1 atom stereocenters. The molecule has 0 bridgehead atoms. The second-order valence-electron chi connectivity index (χ2n) is 7.26. The molecule has 0 aliphatic rings. The van der Waals surface area contributed by atoms with Crippen LogP contribution in [-0.4, -0.2) is 29.3 Å².